The van der Waals surface area contributed by atoms with Crippen molar-refractivity contribution >= 4 is 32.4 Å². The molecule has 0 amide bonds. The van der Waals surface area contributed by atoms with Crippen LogP contribution in [0.4, 0.5) is 0 Å². The number of rotatable bonds is 0. The zero-order valence-electron chi connectivity index (χ0n) is 1.51. The molecule has 0 saturated heterocycles. The van der Waals surface area contributed by atoms with E-state index >= 15 is 0 Å². The minimum Gasteiger partial charge on any atom is 0 e. The van der Waals surface area contributed by atoms with Gasteiger partial charge in [0.1, 0.15) is 0 Å². The summed E-state index contributed by atoms with van der Waals surface area (Å²) >= 11 is 0. The Labute approximate surface area is 71.0 Å². The maximum Gasteiger partial charge on any atom is 0 e. The quantitative estimate of drug-likeness (QED) is 0.453. The van der Waals surface area contributed by atoms with E-state index in [1.807, 2.05) is 0 Å². The largest absolute Gasteiger partial charge is 0 e. The van der Waals surface area contributed by atoms with Gasteiger partial charge in [0.15, 0.2) is 0 Å². The van der Waals surface area contributed by atoms with E-state index in [9.17, 15) is 0 Å². The predicted octanol–water partition coefficient (Wildman–Crippen LogP) is -0.124. The molecular weight excluding hydrogens is 169 g/mol. The summed E-state index contributed by atoms with van der Waals surface area (Å²) in [6.45, 7) is 0. The Hall–Kier alpha value is 1.92. The summed E-state index contributed by atoms with van der Waals surface area (Å²) in [5.41, 5.74) is 0. The van der Waals surface area contributed by atoms with Crippen molar-refractivity contribution in [1.82, 2.24) is 0 Å². The molecule has 0 heterocycles. The molecule has 0 rings (SSSR count). The van der Waals surface area contributed by atoms with Crippen LogP contribution in [0.2, 0.25) is 0 Å². The van der Waals surface area contributed by atoms with E-state index in [0.29, 0.717) is 0 Å². The van der Waals surface area contributed by atoms with Gasteiger partial charge in [0.25, 0.3) is 0 Å². The van der Waals surface area contributed by atoms with Gasteiger partial charge in [0, 0.05) is 52.5 Å². The summed E-state index contributed by atoms with van der Waals surface area (Å²) in [4.78, 5) is 0. The van der Waals surface area contributed by atoms with E-state index in [4.69, 9.17) is 0 Å². The Bertz CT molecular complexity index is 11.6. The monoisotopic (exact) mass is 169 g/mol. The second-order valence-corrected chi connectivity index (χ2v) is 0. The van der Waals surface area contributed by atoms with Gasteiger partial charge in [0.05, 0.1) is 0 Å². The van der Waals surface area contributed by atoms with Crippen LogP contribution < -0.4 is 0 Å². The molecule has 0 aliphatic rings. The topological polar surface area (TPSA) is 28.5 Å². The zero-order chi connectivity index (χ0) is 0. The van der Waals surface area contributed by atoms with Crippen molar-refractivity contribution in [2.24, 2.45) is 0 Å². The van der Waals surface area contributed by atoms with Crippen molar-refractivity contribution in [2.75, 3.05) is 0 Å². The molecule has 0 aromatic carbocycles. The molecule has 0 spiro atoms. The second-order valence-electron chi connectivity index (χ2n) is 0. The first kappa shape index (κ1) is 65.8. The molecule has 0 aromatic rings. The van der Waals surface area contributed by atoms with Crippen LogP contribution in [0.5, 0.6) is 0 Å². The van der Waals surface area contributed by atoms with Crippen LogP contribution in [0.3, 0.4) is 0 Å². The molecule has 0 bridgehead atoms. The first-order valence-electron chi connectivity index (χ1n) is 0. The van der Waals surface area contributed by atoms with E-state index in [1.54, 1.807) is 0 Å². The van der Waals surface area contributed by atoms with E-state index in [2.05, 4.69) is 0 Å². The molecule has 5 radical (unpaired) electrons. The van der Waals surface area contributed by atoms with Crippen molar-refractivity contribution in [3.05, 3.63) is 0 Å². The van der Waals surface area contributed by atoms with Gasteiger partial charge >= 0.3 is 18.9 Å². The minimum absolute atomic E-state index is 0. The predicted molar refractivity (Wildman–Crippen MR) is 15.4 cm³/mol. The van der Waals surface area contributed by atoms with E-state index in [-0.39, 0.29) is 71.4 Å². The van der Waals surface area contributed by atoms with Gasteiger partial charge in [0.2, 0.25) is 0 Å². The Kier molecular flexibility index (Phi) is 511. The fourth-order valence-electron chi connectivity index (χ4n) is 0. The van der Waals surface area contributed by atoms with Gasteiger partial charge in [-0.3, -0.25) is 0 Å². The van der Waals surface area contributed by atoms with Crippen molar-refractivity contribution in [3.8, 4) is 0 Å². The molecule has 0 aliphatic heterocycles. The third-order valence-electron chi connectivity index (χ3n) is 0. The average molecular weight is 170 g/mol. The summed E-state index contributed by atoms with van der Waals surface area (Å²) in [6, 6.07) is 0. The van der Waals surface area contributed by atoms with Crippen LogP contribution in [-0.2, 0) is 39.0 Å². The molecule has 5 heavy (non-hydrogen) atoms. The smallest absolute Gasteiger partial charge is 0 e. The van der Waals surface area contributed by atoms with Crippen LogP contribution in [0.25, 0.3) is 0 Å². The van der Waals surface area contributed by atoms with Crippen LogP contribution in [0.15, 0.2) is 0 Å². The molecule has 0 aromatic heterocycles. The molecule has 0 aliphatic carbocycles. The number of hydrogen-bond acceptors (Lipinski definition) is 0. The SMILES string of the molecule is [LiH].[Mn].[Ni].[O].[S]. The van der Waals surface area contributed by atoms with Crippen LogP contribution in [-0.4, -0.2) is 18.9 Å². The van der Waals surface area contributed by atoms with Gasteiger partial charge in [-0.25, -0.2) is 0 Å². The van der Waals surface area contributed by atoms with Crippen molar-refractivity contribution < 1.29 is 39.0 Å². The first-order valence-corrected chi connectivity index (χ1v) is 0. The normalized spacial score (nSPS) is 0. The summed E-state index contributed by atoms with van der Waals surface area (Å²) < 4.78 is 0. The van der Waals surface area contributed by atoms with Crippen LogP contribution in [0.1, 0.15) is 0 Å². The summed E-state index contributed by atoms with van der Waals surface area (Å²) in [7, 11) is 0. The van der Waals surface area contributed by atoms with Gasteiger partial charge in [-0.1, -0.05) is 0 Å². The maximum absolute atomic E-state index is 0. The standard InChI is InChI=1S/Li.Mn.Ni.O.S.H. The van der Waals surface area contributed by atoms with Gasteiger partial charge in [-0.2, -0.15) is 0 Å². The summed E-state index contributed by atoms with van der Waals surface area (Å²) in [5, 5.41) is 0. The Morgan fingerprint density at radius 3 is 1.00 bits per heavy atom. The third kappa shape index (κ3) is 24.7. The molecule has 31 valence electrons. The van der Waals surface area contributed by atoms with Gasteiger partial charge < -0.3 is 0 Å². The molecule has 5 heteroatoms. The van der Waals surface area contributed by atoms with Gasteiger partial charge in [-0.15, -0.1) is 0 Å². The molecule has 0 saturated carbocycles. The molecular formula is HLiMnNiOS. The Morgan fingerprint density at radius 2 is 1.00 bits per heavy atom. The van der Waals surface area contributed by atoms with E-state index < -0.39 is 0 Å². The molecule has 0 fully saturated rings. The average Bonchev–Trinajstić information content (AvgIpc) is 0. The number of hydrogen-bond donors (Lipinski definition) is 0. The Balaban J connectivity index is 0. The molecule has 0 atom stereocenters. The molecule has 1 nitrogen and oxygen atoms in total. The van der Waals surface area contributed by atoms with Crippen molar-refractivity contribution in [2.45, 2.75) is 0 Å². The Morgan fingerprint density at radius 1 is 1.00 bits per heavy atom. The third-order valence-corrected chi connectivity index (χ3v) is 0. The molecule has 0 unspecified atom stereocenters. The zero-order valence-corrected chi connectivity index (χ0v) is 4.50. The fraction of sp³-hybridized carbons (Fsp3) is 0. The van der Waals surface area contributed by atoms with Crippen LogP contribution >= 0.6 is 13.5 Å². The van der Waals surface area contributed by atoms with Crippen LogP contribution in [0, 0.1) is 0 Å². The van der Waals surface area contributed by atoms with Crippen molar-refractivity contribution in [1.29, 1.82) is 0 Å². The van der Waals surface area contributed by atoms with E-state index in [0.717, 1.165) is 0 Å². The minimum atomic E-state index is 0. The second kappa shape index (κ2) is 38.9. The van der Waals surface area contributed by atoms with Crippen molar-refractivity contribution in [3.63, 3.8) is 0 Å². The summed E-state index contributed by atoms with van der Waals surface area (Å²) in [6.07, 6.45) is 0. The molecule has 0 N–H and O–H groups in total. The summed E-state index contributed by atoms with van der Waals surface area (Å²) in [5.74, 6) is 0. The fourth-order valence-corrected chi connectivity index (χ4v) is 0. The van der Waals surface area contributed by atoms with Gasteiger partial charge in [-0.05, 0) is 0 Å². The maximum atomic E-state index is 0. The van der Waals surface area contributed by atoms with E-state index in [1.165, 1.54) is 0 Å². The first-order chi connectivity index (χ1) is 0.